The van der Waals surface area contributed by atoms with Gasteiger partial charge in [-0.25, -0.2) is 8.42 Å². The van der Waals surface area contributed by atoms with Gasteiger partial charge >= 0.3 is 0 Å². The number of benzene rings is 1. The second-order valence-corrected chi connectivity index (χ2v) is 7.72. The van der Waals surface area contributed by atoms with E-state index < -0.39 is 10.0 Å². The van der Waals surface area contributed by atoms with Crippen LogP contribution >= 0.6 is 11.6 Å². The quantitative estimate of drug-likeness (QED) is 0.899. The van der Waals surface area contributed by atoms with Crippen LogP contribution < -0.4 is 5.32 Å². The van der Waals surface area contributed by atoms with Crippen molar-refractivity contribution in [3.05, 3.63) is 28.8 Å². The lowest BCUT2D eigenvalue weighted by molar-refractivity contribution is 0.233. The molecule has 108 valence electrons. The Kier molecular flexibility index (Phi) is 4.07. The van der Waals surface area contributed by atoms with Crippen molar-refractivity contribution < 1.29 is 8.42 Å². The molecule has 1 fully saturated rings. The van der Waals surface area contributed by atoms with E-state index in [9.17, 15) is 8.42 Å². The van der Waals surface area contributed by atoms with Gasteiger partial charge in [-0.2, -0.15) is 9.57 Å². The lowest BCUT2D eigenvalue weighted by atomic mass is 10.0. The normalized spacial score (nSPS) is 19.5. The predicted molar refractivity (Wildman–Crippen MR) is 77.0 cm³/mol. The van der Waals surface area contributed by atoms with Crippen LogP contribution in [0.5, 0.6) is 0 Å². The number of piperazine rings is 1. The lowest BCUT2D eigenvalue weighted by Crippen LogP contribution is -2.58. The maximum Gasteiger partial charge on any atom is 0.244 e. The molecule has 0 aromatic heterocycles. The number of nitrogens with zero attached hydrogens (tertiary/aromatic N) is 2. The smallest absolute Gasteiger partial charge is 0.244 e. The Hall–Kier alpha value is -1.13. The van der Waals surface area contributed by atoms with E-state index in [-0.39, 0.29) is 15.5 Å². The molecule has 7 heteroatoms. The van der Waals surface area contributed by atoms with Gasteiger partial charge in [-0.15, -0.1) is 0 Å². The highest BCUT2D eigenvalue weighted by atomic mass is 35.5. The van der Waals surface area contributed by atoms with Crippen molar-refractivity contribution in [1.29, 1.82) is 5.26 Å². The molecular weight excluding hydrogens is 298 g/mol. The van der Waals surface area contributed by atoms with Crippen LogP contribution in [-0.2, 0) is 10.0 Å². The second kappa shape index (κ2) is 5.34. The Morgan fingerprint density at radius 1 is 1.45 bits per heavy atom. The van der Waals surface area contributed by atoms with Crippen LogP contribution in [0.1, 0.15) is 19.4 Å². The Morgan fingerprint density at radius 2 is 2.15 bits per heavy atom. The van der Waals surface area contributed by atoms with Crippen molar-refractivity contribution in [2.75, 3.05) is 19.6 Å². The molecule has 1 aliphatic heterocycles. The van der Waals surface area contributed by atoms with Crippen molar-refractivity contribution in [2.24, 2.45) is 0 Å². The van der Waals surface area contributed by atoms with E-state index in [1.807, 2.05) is 19.9 Å². The van der Waals surface area contributed by atoms with Crippen molar-refractivity contribution in [2.45, 2.75) is 24.3 Å². The maximum absolute atomic E-state index is 12.6. The minimum Gasteiger partial charge on any atom is -0.309 e. The first-order chi connectivity index (χ1) is 9.26. The summed E-state index contributed by atoms with van der Waals surface area (Å²) >= 11 is 6.01. The fourth-order valence-electron chi connectivity index (χ4n) is 2.22. The maximum atomic E-state index is 12.6. The molecule has 5 nitrogen and oxygen atoms in total. The van der Waals surface area contributed by atoms with E-state index in [1.165, 1.54) is 22.5 Å². The number of hydrogen-bond acceptors (Lipinski definition) is 4. The summed E-state index contributed by atoms with van der Waals surface area (Å²) in [6.45, 7) is 5.29. The van der Waals surface area contributed by atoms with Gasteiger partial charge in [0, 0.05) is 25.2 Å². The summed E-state index contributed by atoms with van der Waals surface area (Å²) in [5, 5.41) is 12.1. The Balaban J connectivity index is 2.38. The molecule has 0 unspecified atom stereocenters. The third-order valence-electron chi connectivity index (χ3n) is 3.22. The minimum atomic E-state index is -3.64. The van der Waals surface area contributed by atoms with E-state index in [2.05, 4.69) is 5.32 Å². The van der Waals surface area contributed by atoms with Gasteiger partial charge in [0.25, 0.3) is 0 Å². The minimum absolute atomic E-state index is 0.0517. The monoisotopic (exact) mass is 313 g/mol. The molecule has 0 saturated carbocycles. The van der Waals surface area contributed by atoms with Crippen LogP contribution in [0.15, 0.2) is 23.1 Å². The largest absolute Gasteiger partial charge is 0.309 e. The first kappa shape index (κ1) is 15.3. The molecule has 0 aliphatic carbocycles. The van der Waals surface area contributed by atoms with Gasteiger partial charge in [-0.1, -0.05) is 11.6 Å². The lowest BCUT2D eigenvalue weighted by Gasteiger charge is -2.38. The van der Waals surface area contributed by atoms with Gasteiger partial charge in [-0.05, 0) is 32.0 Å². The number of nitrogens with one attached hydrogen (secondary N) is 1. The molecule has 0 bridgehead atoms. The van der Waals surface area contributed by atoms with Crippen molar-refractivity contribution in [1.82, 2.24) is 9.62 Å². The number of nitriles is 1. The van der Waals surface area contributed by atoms with Gasteiger partial charge < -0.3 is 5.32 Å². The second-order valence-electron chi connectivity index (χ2n) is 5.41. The fourth-order valence-corrected chi connectivity index (χ4v) is 4.34. The first-order valence-corrected chi connectivity index (χ1v) is 8.03. The molecule has 20 heavy (non-hydrogen) atoms. The fraction of sp³-hybridized carbons (Fsp3) is 0.462. The molecular formula is C13H16ClN3O2S. The number of rotatable bonds is 2. The molecule has 1 saturated heterocycles. The molecule has 1 aliphatic rings. The van der Waals surface area contributed by atoms with E-state index in [1.54, 1.807) is 0 Å². The zero-order valence-electron chi connectivity index (χ0n) is 11.4. The van der Waals surface area contributed by atoms with Crippen LogP contribution in [0.3, 0.4) is 0 Å². The van der Waals surface area contributed by atoms with E-state index in [4.69, 9.17) is 16.9 Å². The van der Waals surface area contributed by atoms with Crippen LogP contribution in [0, 0.1) is 11.3 Å². The molecule has 1 aromatic carbocycles. The summed E-state index contributed by atoms with van der Waals surface area (Å²) in [6.07, 6.45) is 0. The SMILES string of the molecule is CC1(C)CN(S(=O)(=O)c2ccc(C#N)cc2Cl)CCN1. The average Bonchev–Trinajstić information content (AvgIpc) is 2.37. The zero-order chi connectivity index (χ0) is 15.0. The van der Waals surface area contributed by atoms with Gasteiger partial charge in [0.2, 0.25) is 10.0 Å². The van der Waals surface area contributed by atoms with E-state index in [0.29, 0.717) is 25.2 Å². The Bertz CT molecular complexity index is 665. The average molecular weight is 314 g/mol. The molecule has 0 radical (unpaired) electrons. The number of hydrogen-bond donors (Lipinski definition) is 1. The molecule has 0 spiro atoms. The van der Waals surface area contributed by atoms with Crippen LogP contribution in [-0.4, -0.2) is 37.9 Å². The molecule has 0 amide bonds. The van der Waals surface area contributed by atoms with Gasteiger partial charge in [0.1, 0.15) is 4.90 Å². The van der Waals surface area contributed by atoms with Gasteiger partial charge in [0.15, 0.2) is 0 Å². The third kappa shape index (κ3) is 2.96. The topological polar surface area (TPSA) is 73.2 Å². The highest BCUT2D eigenvalue weighted by Crippen LogP contribution is 2.27. The Morgan fingerprint density at radius 3 is 2.70 bits per heavy atom. The van der Waals surface area contributed by atoms with Crippen LogP contribution in [0.2, 0.25) is 5.02 Å². The summed E-state index contributed by atoms with van der Waals surface area (Å²) in [6, 6.07) is 6.17. The summed E-state index contributed by atoms with van der Waals surface area (Å²) < 4.78 is 26.7. The van der Waals surface area contributed by atoms with Crippen LogP contribution in [0.25, 0.3) is 0 Å². The highest BCUT2D eigenvalue weighted by molar-refractivity contribution is 7.89. The summed E-state index contributed by atoms with van der Waals surface area (Å²) in [5.41, 5.74) is 0.0688. The van der Waals surface area contributed by atoms with E-state index in [0.717, 1.165) is 0 Å². The summed E-state index contributed by atoms with van der Waals surface area (Å²) in [7, 11) is -3.64. The molecule has 1 aromatic rings. The predicted octanol–water partition coefficient (Wildman–Crippen LogP) is 1.58. The zero-order valence-corrected chi connectivity index (χ0v) is 12.9. The van der Waals surface area contributed by atoms with Gasteiger partial charge in [0.05, 0.1) is 16.7 Å². The van der Waals surface area contributed by atoms with Crippen LogP contribution in [0.4, 0.5) is 0 Å². The van der Waals surface area contributed by atoms with E-state index >= 15 is 0 Å². The summed E-state index contributed by atoms with van der Waals surface area (Å²) in [5.74, 6) is 0. The third-order valence-corrected chi connectivity index (χ3v) is 5.54. The van der Waals surface area contributed by atoms with Gasteiger partial charge in [-0.3, -0.25) is 0 Å². The first-order valence-electron chi connectivity index (χ1n) is 6.21. The van der Waals surface area contributed by atoms with Crippen molar-refractivity contribution >= 4 is 21.6 Å². The standard InChI is InChI=1S/C13H16ClN3O2S/c1-13(2)9-17(6-5-16-13)20(18,19)12-4-3-10(8-15)7-11(12)14/h3-4,7,16H,5-6,9H2,1-2H3. The Labute approximate surface area is 124 Å². The van der Waals surface area contributed by atoms with Crippen molar-refractivity contribution in [3.63, 3.8) is 0 Å². The number of sulfonamides is 1. The molecule has 0 atom stereocenters. The number of halogens is 1. The summed E-state index contributed by atoms with van der Waals surface area (Å²) in [4.78, 5) is 0.0517. The molecule has 2 rings (SSSR count). The molecule has 1 N–H and O–H groups in total. The highest BCUT2D eigenvalue weighted by Gasteiger charge is 2.34. The molecule has 1 heterocycles. The van der Waals surface area contributed by atoms with Crippen molar-refractivity contribution in [3.8, 4) is 6.07 Å².